The summed E-state index contributed by atoms with van der Waals surface area (Å²) < 4.78 is 44.5. The Bertz CT molecular complexity index is 481. The Balaban J connectivity index is 1.97. The molecule has 1 fully saturated rings. The number of amides is 1. The molecule has 1 aromatic heterocycles. The van der Waals surface area contributed by atoms with Gasteiger partial charge in [-0.15, -0.1) is 0 Å². The van der Waals surface area contributed by atoms with Crippen molar-refractivity contribution in [2.45, 2.75) is 19.1 Å². The van der Waals surface area contributed by atoms with Crippen LogP contribution in [0.3, 0.4) is 0 Å². The SMILES string of the molecule is Cc1ccc(C(=O)NCC(N2CCNCC2)C(F)(F)F)o1. The minimum absolute atomic E-state index is 0.0220. The maximum absolute atomic E-state index is 13.1. The Morgan fingerprint density at radius 1 is 1.43 bits per heavy atom. The van der Waals surface area contributed by atoms with Gasteiger partial charge in [-0.05, 0) is 19.1 Å². The number of carbonyl (C=O) groups is 1. The van der Waals surface area contributed by atoms with Gasteiger partial charge in [0.2, 0.25) is 0 Å². The smallest absolute Gasteiger partial charge is 0.405 e. The highest BCUT2D eigenvalue weighted by atomic mass is 19.4. The molecular formula is C13H18F3N3O2. The molecule has 2 heterocycles. The largest absolute Gasteiger partial charge is 0.456 e. The summed E-state index contributed by atoms with van der Waals surface area (Å²) in [6.07, 6.45) is -4.39. The van der Waals surface area contributed by atoms with Gasteiger partial charge in [0.25, 0.3) is 5.91 Å². The van der Waals surface area contributed by atoms with Crippen molar-refractivity contribution in [2.75, 3.05) is 32.7 Å². The number of furan rings is 1. The normalized spacial score (nSPS) is 18.5. The molecule has 118 valence electrons. The minimum atomic E-state index is -4.39. The van der Waals surface area contributed by atoms with Crippen LogP contribution in [0.25, 0.3) is 0 Å². The van der Waals surface area contributed by atoms with Crippen molar-refractivity contribution in [2.24, 2.45) is 0 Å². The van der Waals surface area contributed by atoms with Crippen LogP contribution in [0, 0.1) is 6.92 Å². The number of hydrogen-bond donors (Lipinski definition) is 2. The van der Waals surface area contributed by atoms with Crippen molar-refractivity contribution in [3.8, 4) is 0 Å². The van der Waals surface area contributed by atoms with Gasteiger partial charge in [-0.1, -0.05) is 0 Å². The summed E-state index contributed by atoms with van der Waals surface area (Å²) in [5.41, 5.74) is 0. The molecule has 2 rings (SSSR count). The number of hydrogen-bond acceptors (Lipinski definition) is 4. The van der Waals surface area contributed by atoms with E-state index in [0.29, 0.717) is 31.9 Å². The summed E-state index contributed by atoms with van der Waals surface area (Å²) >= 11 is 0. The Labute approximate surface area is 120 Å². The number of rotatable bonds is 4. The van der Waals surface area contributed by atoms with E-state index >= 15 is 0 Å². The lowest BCUT2D eigenvalue weighted by molar-refractivity contribution is -0.183. The van der Waals surface area contributed by atoms with Crippen molar-refractivity contribution < 1.29 is 22.4 Å². The first kappa shape index (κ1) is 15.8. The topological polar surface area (TPSA) is 57.5 Å². The van der Waals surface area contributed by atoms with Crippen molar-refractivity contribution in [1.29, 1.82) is 0 Å². The quantitative estimate of drug-likeness (QED) is 0.876. The molecule has 0 spiro atoms. The highest BCUT2D eigenvalue weighted by Crippen LogP contribution is 2.24. The van der Waals surface area contributed by atoms with Crippen molar-refractivity contribution in [1.82, 2.24) is 15.5 Å². The number of halogens is 3. The zero-order valence-corrected chi connectivity index (χ0v) is 11.7. The molecule has 1 atom stereocenters. The Kier molecular flexibility index (Phi) is 4.89. The van der Waals surface area contributed by atoms with E-state index in [2.05, 4.69) is 10.6 Å². The number of alkyl halides is 3. The maximum atomic E-state index is 13.1. The van der Waals surface area contributed by atoms with Crippen LogP contribution in [0.4, 0.5) is 13.2 Å². The average Bonchev–Trinajstić information content (AvgIpc) is 2.85. The number of piperazine rings is 1. The molecule has 1 amide bonds. The maximum Gasteiger partial charge on any atom is 0.405 e. The van der Waals surface area contributed by atoms with Crippen LogP contribution in [0.15, 0.2) is 16.5 Å². The fourth-order valence-corrected chi connectivity index (χ4v) is 2.28. The zero-order valence-electron chi connectivity index (χ0n) is 11.7. The number of nitrogens with zero attached hydrogens (tertiary/aromatic N) is 1. The van der Waals surface area contributed by atoms with Crippen LogP contribution in [-0.4, -0.2) is 55.7 Å². The molecule has 1 aliphatic heterocycles. The second-order valence-electron chi connectivity index (χ2n) is 4.96. The van der Waals surface area contributed by atoms with Gasteiger partial charge in [-0.25, -0.2) is 0 Å². The van der Waals surface area contributed by atoms with Crippen LogP contribution in [0.2, 0.25) is 0 Å². The summed E-state index contributed by atoms with van der Waals surface area (Å²) in [6.45, 7) is 2.81. The molecule has 1 saturated heterocycles. The Hall–Kier alpha value is -1.54. The standard InChI is InChI=1S/C13H18F3N3O2/c1-9-2-3-10(21-9)12(20)18-8-11(13(14,15)16)19-6-4-17-5-7-19/h2-3,11,17H,4-8H2,1H3,(H,18,20). The number of carbonyl (C=O) groups excluding carboxylic acids is 1. The first-order valence-electron chi connectivity index (χ1n) is 6.74. The summed E-state index contributed by atoms with van der Waals surface area (Å²) in [4.78, 5) is 13.1. The lowest BCUT2D eigenvalue weighted by Gasteiger charge is -2.35. The van der Waals surface area contributed by atoms with Gasteiger partial charge < -0.3 is 15.1 Å². The molecular weight excluding hydrogens is 287 g/mol. The Morgan fingerprint density at radius 2 is 2.10 bits per heavy atom. The van der Waals surface area contributed by atoms with Crippen molar-refractivity contribution in [3.05, 3.63) is 23.7 Å². The van der Waals surface area contributed by atoms with Crippen LogP contribution in [-0.2, 0) is 0 Å². The van der Waals surface area contributed by atoms with Crippen LogP contribution in [0.1, 0.15) is 16.3 Å². The van der Waals surface area contributed by atoms with E-state index in [1.165, 1.54) is 11.0 Å². The second kappa shape index (κ2) is 6.48. The minimum Gasteiger partial charge on any atom is -0.456 e. The molecule has 1 aromatic rings. The van der Waals surface area contributed by atoms with E-state index in [-0.39, 0.29) is 5.76 Å². The third kappa shape index (κ3) is 4.21. The van der Waals surface area contributed by atoms with Gasteiger partial charge in [0, 0.05) is 32.7 Å². The third-order valence-electron chi connectivity index (χ3n) is 3.39. The van der Waals surface area contributed by atoms with E-state index < -0.39 is 24.7 Å². The molecule has 21 heavy (non-hydrogen) atoms. The molecule has 0 aliphatic carbocycles. The fourth-order valence-electron chi connectivity index (χ4n) is 2.28. The van der Waals surface area contributed by atoms with Crippen molar-refractivity contribution in [3.63, 3.8) is 0 Å². The van der Waals surface area contributed by atoms with Gasteiger partial charge in [-0.3, -0.25) is 9.69 Å². The molecule has 1 aliphatic rings. The fraction of sp³-hybridized carbons (Fsp3) is 0.615. The van der Waals surface area contributed by atoms with E-state index in [0.717, 1.165) is 0 Å². The van der Waals surface area contributed by atoms with E-state index in [1.807, 2.05) is 0 Å². The molecule has 0 radical (unpaired) electrons. The summed E-state index contributed by atoms with van der Waals surface area (Å²) in [5, 5.41) is 5.30. The summed E-state index contributed by atoms with van der Waals surface area (Å²) in [5.74, 6) is -0.0733. The monoisotopic (exact) mass is 305 g/mol. The van der Waals surface area contributed by atoms with Crippen LogP contribution >= 0.6 is 0 Å². The molecule has 2 N–H and O–H groups in total. The molecule has 0 bridgehead atoms. The number of nitrogens with one attached hydrogen (secondary N) is 2. The van der Waals surface area contributed by atoms with Crippen LogP contribution in [0.5, 0.6) is 0 Å². The summed E-state index contributed by atoms with van der Waals surface area (Å²) in [7, 11) is 0. The van der Waals surface area contributed by atoms with Gasteiger partial charge in [0.15, 0.2) is 5.76 Å². The number of aryl methyl sites for hydroxylation is 1. The predicted molar refractivity (Wildman–Crippen MR) is 70.1 cm³/mol. The molecule has 5 nitrogen and oxygen atoms in total. The molecule has 0 aromatic carbocycles. The zero-order chi connectivity index (χ0) is 15.5. The third-order valence-corrected chi connectivity index (χ3v) is 3.39. The molecule has 1 unspecified atom stereocenters. The van der Waals surface area contributed by atoms with Gasteiger partial charge in [0.05, 0.1) is 0 Å². The van der Waals surface area contributed by atoms with E-state index in [9.17, 15) is 18.0 Å². The second-order valence-corrected chi connectivity index (χ2v) is 4.96. The Morgan fingerprint density at radius 3 is 2.62 bits per heavy atom. The van der Waals surface area contributed by atoms with Gasteiger partial charge >= 0.3 is 6.18 Å². The molecule has 0 saturated carbocycles. The van der Waals surface area contributed by atoms with E-state index in [1.54, 1.807) is 13.0 Å². The lowest BCUT2D eigenvalue weighted by Crippen LogP contribution is -2.57. The predicted octanol–water partition coefficient (Wildman–Crippen LogP) is 1.15. The van der Waals surface area contributed by atoms with Gasteiger partial charge in [0.1, 0.15) is 11.8 Å². The first-order valence-corrected chi connectivity index (χ1v) is 6.74. The average molecular weight is 305 g/mol. The highest BCUT2D eigenvalue weighted by Gasteiger charge is 2.43. The summed E-state index contributed by atoms with van der Waals surface area (Å²) in [6, 6.07) is 1.35. The van der Waals surface area contributed by atoms with Crippen LogP contribution < -0.4 is 10.6 Å². The van der Waals surface area contributed by atoms with Crippen molar-refractivity contribution >= 4 is 5.91 Å². The van der Waals surface area contributed by atoms with Gasteiger partial charge in [-0.2, -0.15) is 13.2 Å². The lowest BCUT2D eigenvalue weighted by atomic mass is 10.2. The first-order chi connectivity index (χ1) is 9.88. The van der Waals surface area contributed by atoms with E-state index in [4.69, 9.17) is 4.42 Å². The highest BCUT2D eigenvalue weighted by molar-refractivity contribution is 5.91. The molecule has 8 heteroatoms.